The number of hydrogen-bond donors (Lipinski definition) is 9. The Balaban J connectivity index is 1.64. The summed E-state index contributed by atoms with van der Waals surface area (Å²) in [5.41, 5.74) is 0. The minimum absolute atomic E-state index is 0.212. The third kappa shape index (κ3) is 46.4. The van der Waals surface area contributed by atoms with Crippen molar-refractivity contribution in [2.75, 3.05) is 19.8 Å². The van der Waals surface area contributed by atoms with Crippen molar-refractivity contribution >= 4 is 5.91 Å². The van der Waals surface area contributed by atoms with Gasteiger partial charge in [0.25, 0.3) is 0 Å². The molecule has 12 unspecified atom stereocenters. The molecule has 2 aliphatic heterocycles. The molecular weight excluding hydrogens is 1180 g/mol. The van der Waals surface area contributed by atoms with E-state index in [1.807, 2.05) is 0 Å². The van der Waals surface area contributed by atoms with Crippen molar-refractivity contribution in [1.29, 1.82) is 0 Å². The molecule has 2 fully saturated rings. The van der Waals surface area contributed by atoms with Gasteiger partial charge in [-0.05, 0) is 70.6 Å². The summed E-state index contributed by atoms with van der Waals surface area (Å²) >= 11 is 0. The lowest BCUT2D eigenvalue weighted by Gasteiger charge is -2.46. The summed E-state index contributed by atoms with van der Waals surface area (Å²) in [4.78, 5) is 13.4. The second-order valence-electron chi connectivity index (χ2n) is 27.1. The van der Waals surface area contributed by atoms with Crippen LogP contribution in [-0.4, -0.2) is 140 Å². The first-order chi connectivity index (χ1) is 46.1. The maximum absolute atomic E-state index is 13.4. The van der Waals surface area contributed by atoms with Gasteiger partial charge in [-0.15, -0.1) is 0 Å². The summed E-state index contributed by atoms with van der Waals surface area (Å²) in [5, 5.41) is 87.8. The third-order valence-corrected chi connectivity index (χ3v) is 18.6. The maximum Gasteiger partial charge on any atom is 0.220 e. The van der Waals surface area contributed by atoms with Gasteiger partial charge in [-0.25, -0.2) is 0 Å². The zero-order valence-electron chi connectivity index (χ0n) is 59.7. The Morgan fingerprint density at radius 2 is 0.734 bits per heavy atom. The quantitative estimate of drug-likeness (QED) is 0.0204. The fourth-order valence-corrected chi connectivity index (χ4v) is 12.5. The van der Waals surface area contributed by atoms with E-state index in [9.17, 15) is 45.6 Å². The average Bonchev–Trinajstić information content (AvgIpc) is 0.794. The molecule has 2 rings (SSSR count). The molecule has 0 saturated carbocycles. The van der Waals surface area contributed by atoms with E-state index in [4.69, 9.17) is 18.9 Å². The molecule has 14 heteroatoms. The lowest BCUT2D eigenvalue weighted by Crippen LogP contribution is -2.65. The molecule has 0 aliphatic carbocycles. The minimum atomic E-state index is -1.79. The number of amides is 1. The van der Waals surface area contributed by atoms with E-state index >= 15 is 0 Å². The van der Waals surface area contributed by atoms with Gasteiger partial charge in [0, 0.05) is 6.42 Å². The average molecular weight is 1330 g/mol. The number of unbranched alkanes of at least 4 members (excludes halogenated alkanes) is 37. The highest BCUT2D eigenvalue weighted by molar-refractivity contribution is 5.76. The first-order valence-corrected chi connectivity index (χ1v) is 38.8. The number of aliphatic hydroxyl groups is 8. The van der Waals surface area contributed by atoms with Crippen LogP contribution in [0.3, 0.4) is 0 Å². The Morgan fingerprint density at radius 3 is 1.13 bits per heavy atom. The van der Waals surface area contributed by atoms with Gasteiger partial charge in [-0.2, -0.15) is 0 Å². The van der Waals surface area contributed by atoms with Crippen molar-refractivity contribution in [3.63, 3.8) is 0 Å². The van der Waals surface area contributed by atoms with E-state index in [2.05, 4.69) is 104 Å². The molecule has 0 aromatic heterocycles. The second kappa shape index (κ2) is 63.6. The fraction of sp³-hybridized carbons (Fsp3) is 0.812. The van der Waals surface area contributed by atoms with Crippen molar-refractivity contribution in [3.8, 4) is 0 Å². The number of allylic oxidation sites excluding steroid dienone is 14. The first-order valence-electron chi connectivity index (χ1n) is 38.8. The molecule has 2 saturated heterocycles. The number of carbonyl (C=O) groups is 1. The summed E-state index contributed by atoms with van der Waals surface area (Å²) in [6.07, 6.45) is 71.7. The molecule has 14 nitrogen and oxygen atoms in total. The molecule has 0 radical (unpaired) electrons. The van der Waals surface area contributed by atoms with Crippen LogP contribution in [-0.2, 0) is 23.7 Å². The van der Waals surface area contributed by atoms with E-state index in [-0.39, 0.29) is 12.5 Å². The molecule has 94 heavy (non-hydrogen) atoms. The molecule has 0 aromatic rings. The maximum atomic E-state index is 13.4. The molecular formula is C80H143NO13. The first kappa shape index (κ1) is 87.3. The molecule has 0 bridgehead atoms. The molecule has 2 heterocycles. The van der Waals surface area contributed by atoms with Gasteiger partial charge in [0.2, 0.25) is 5.91 Å². The summed E-state index contributed by atoms with van der Waals surface area (Å²) in [5.74, 6) is -0.212. The standard InChI is InChI=1S/C80H143NO13/c1-3-5-7-9-11-13-15-17-19-21-23-25-27-29-31-33-34-36-38-40-42-44-46-48-50-52-54-56-58-60-62-64-72(85)81-68(67-91-79-77(90)75(88)78(71(66-83)93-79)94-80-76(89)74(87)73(86)70(65-82)92-80)69(84)63-61-59-57-55-53-51-49-47-45-43-41-39-37-35-32-30-28-26-24-22-20-18-16-14-12-10-8-6-4-2/h5,7,11,13,17,19,23,25,29,31,34,36,40,42,68-71,73-80,82-84,86-90H,3-4,6,8-10,12,14-16,18,20-22,24,26-28,30,32-33,35,37-39,41,43-67H2,1-2H3,(H,81,85)/b7-5-,13-11-,19-17-,25-23-,31-29-,36-34-,42-40-. The second-order valence-corrected chi connectivity index (χ2v) is 27.1. The van der Waals surface area contributed by atoms with Gasteiger partial charge in [0.15, 0.2) is 12.6 Å². The number of carbonyl (C=O) groups excluding carboxylic acids is 1. The van der Waals surface area contributed by atoms with Crippen molar-refractivity contribution in [1.82, 2.24) is 5.32 Å². The summed E-state index contributed by atoms with van der Waals surface area (Å²) < 4.78 is 23.0. The number of hydrogen-bond acceptors (Lipinski definition) is 13. The SMILES string of the molecule is CC/C=C\C/C=C\C/C=C\C/C=C\C/C=C\C/C=C\C/C=C\CCCCCCCCCCCC(=O)NC(COC1OC(CO)C(OC2OC(CO)C(O)C(O)C2O)C(O)C1O)C(O)CCCCCCCCCCCCCCCCCCCCCCCCCCCCCCC. The lowest BCUT2D eigenvalue weighted by atomic mass is 9.97. The van der Waals surface area contributed by atoms with Crippen molar-refractivity contribution in [2.45, 2.75) is 396 Å². The topological polar surface area (TPSA) is 228 Å². The van der Waals surface area contributed by atoms with Crippen LogP contribution >= 0.6 is 0 Å². The van der Waals surface area contributed by atoms with Crippen LogP contribution in [0.15, 0.2) is 85.1 Å². The molecule has 0 aromatic carbocycles. The van der Waals surface area contributed by atoms with Crippen molar-refractivity contribution in [2.24, 2.45) is 0 Å². The Labute approximate surface area is 573 Å². The Kier molecular flexibility index (Phi) is 59.0. The molecule has 0 spiro atoms. The fourth-order valence-electron chi connectivity index (χ4n) is 12.5. The smallest absolute Gasteiger partial charge is 0.220 e. The number of rotatable bonds is 64. The molecule has 2 aliphatic rings. The minimum Gasteiger partial charge on any atom is -0.394 e. The lowest BCUT2D eigenvalue weighted by molar-refractivity contribution is -0.359. The normalized spacial score (nSPS) is 22.9. The van der Waals surface area contributed by atoms with E-state index in [0.29, 0.717) is 19.3 Å². The van der Waals surface area contributed by atoms with Crippen LogP contribution in [0.2, 0.25) is 0 Å². The van der Waals surface area contributed by atoms with Gasteiger partial charge in [0.05, 0.1) is 32.0 Å². The Morgan fingerprint density at radius 1 is 0.394 bits per heavy atom. The molecule has 546 valence electrons. The summed E-state index contributed by atoms with van der Waals surface area (Å²) in [6, 6.07) is -0.840. The van der Waals surface area contributed by atoms with Crippen LogP contribution in [0.5, 0.6) is 0 Å². The van der Waals surface area contributed by atoms with E-state index in [1.165, 1.54) is 193 Å². The van der Waals surface area contributed by atoms with E-state index in [0.717, 1.165) is 96.3 Å². The Hall–Kier alpha value is -2.83. The van der Waals surface area contributed by atoms with Crippen molar-refractivity contribution < 1.29 is 64.6 Å². The third-order valence-electron chi connectivity index (χ3n) is 18.6. The van der Waals surface area contributed by atoms with E-state index < -0.39 is 86.8 Å². The van der Waals surface area contributed by atoms with Crippen LogP contribution in [0, 0.1) is 0 Å². The van der Waals surface area contributed by atoms with Gasteiger partial charge in [0.1, 0.15) is 48.8 Å². The molecule has 1 amide bonds. The van der Waals surface area contributed by atoms with Crippen molar-refractivity contribution in [3.05, 3.63) is 85.1 Å². The zero-order valence-corrected chi connectivity index (χ0v) is 59.7. The van der Waals surface area contributed by atoms with Crippen LogP contribution in [0.4, 0.5) is 0 Å². The number of aliphatic hydroxyl groups excluding tert-OH is 8. The molecule has 12 atom stereocenters. The largest absolute Gasteiger partial charge is 0.394 e. The highest BCUT2D eigenvalue weighted by atomic mass is 16.7. The number of nitrogens with one attached hydrogen (secondary N) is 1. The zero-order chi connectivity index (χ0) is 68.0. The predicted octanol–water partition coefficient (Wildman–Crippen LogP) is 17.1. The van der Waals surface area contributed by atoms with E-state index in [1.54, 1.807) is 0 Å². The van der Waals surface area contributed by atoms with Crippen LogP contribution < -0.4 is 5.32 Å². The van der Waals surface area contributed by atoms with Gasteiger partial charge in [-0.1, -0.05) is 330 Å². The summed E-state index contributed by atoms with van der Waals surface area (Å²) in [7, 11) is 0. The van der Waals surface area contributed by atoms with Gasteiger partial charge < -0.3 is 65.1 Å². The summed E-state index contributed by atoms with van der Waals surface area (Å²) in [6.45, 7) is 2.78. The van der Waals surface area contributed by atoms with Gasteiger partial charge in [-0.3, -0.25) is 4.79 Å². The number of ether oxygens (including phenoxy) is 4. The highest BCUT2D eigenvalue weighted by Crippen LogP contribution is 2.30. The monoisotopic (exact) mass is 1330 g/mol. The highest BCUT2D eigenvalue weighted by Gasteiger charge is 2.51. The molecule has 9 N–H and O–H groups in total. The van der Waals surface area contributed by atoms with Crippen LogP contribution in [0.25, 0.3) is 0 Å². The Bertz CT molecular complexity index is 1900. The predicted molar refractivity (Wildman–Crippen MR) is 387 cm³/mol. The van der Waals surface area contributed by atoms with Gasteiger partial charge >= 0.3 is 0 Å². The van der Waals surface area contributed by atoms with Crippen LogP contribution in [0.1, 0.15) is 322 Å².